The van der Waals surface area contributed by atoms with E-state index in [2.05, 4.69) is 10.2 Å². The number of anilines is 2. The highest BCUT2D eigenvalue weighted by Crippen LogP contribution is 2.37. The van der Waals surface area contributed by atoms with E-state index < -0.39 is 0 Å². The summed E-state index contributed by atoms with van der Waals surface area (Å²) in [7, 11) is 2.88. The number of piperazine rings is 1. The Bertz CT molecular complexity index is 1100. The zero-order valence-electron chi connectivity index (χ0n) is 18.5. The number of aromatic hydroxyl groups is 1. The van der Waals surface area contributed by atoms with E-state index in [1.165, 1.54) is 37.7 Å². The third kappa shape index (κ3) is 4.88. The first-order valence-electron chi connectivity index (χ1n) is 10.5. The van der Waals surface area contributed by atoms with Crippen molar-refractivity contribution in [3.63, 3.8) is 0 Å². The van der Waals surface area contributed by atoms with Gasteiger partial charge in [-0.15, -0.1) is 11.3 Å². The molecule has 1 aliphatic heterocycles. The number of amides is 1. The van der Waals surface area contributed by atoms with Crippen molar-refractivity contribution in [1.82, 2.24) is 4.90 Å². The third-order valence-corrected chi connectivity index (χ3v) is 6.45. The minimum Gasteiger partial charge on any atom is -0.502 e. The fraction of sp³-hybridized carbons (Fsp3) is 0.250. The zero-order chi connectivity index (χ0) is 23.4. The lowest BCUT2D eigenvalue weighted by Gasteiger charge is -2.36. The van der Waals surface area contributed by atoms with Crippen LogP contribution in [-0.4, -0.2) is 62.1 Å². The van der Waals surface area contributed by atoms with Gasteiger partial charge in [-0.25, -0.2) is 0 Å². The number of phenols is 1. The Labute approximate surface area is 196 Å². The lowest BCUT2D eigenvalue weighted by molar-refractivity contribution is 0.0746. The quantitative estimate of drug-likeness (QED) is 0.377. The number of ether oxygens (including phenoxy) is 2. The van der Waals surface area contributed by atoms with Gasteiger partial charge in [0.15, 0.2) is 11.5 Å². The summed E-state index contributed by atoms with van der Waals surface area (Å²) in [5.41, 5.74) is 2.35. The Morgan fingerprint density at radius 1 is 1.03 bits per heavy atom. The summed E-state index contributed by atoms with van der Waals surface area (Å²) < 4.78 is 10.3. The minimum atomic E-state index is -0.127. The lowest BCUT2D eigenvalue weighted by Crippen LogP contribution is -2.48. The second-order valence-electron chi connectivity index (χ2n) is 7.53. The van der Waals surface area contributed by atoms with Gasteiger partial charge in [-0.05, 0) is 47.8 Å². The number of rotatable bonds is 6. The van der Waals surface area contributed by atoms with Gasteiger partial charge in [-0.2, -0.15) is 0 Å². The van der Waals surface area contributed by atoms with Crippen LogP contribution in [0.4, 0.5) is 11.4 Å². The standard InChI is InChI=1S/C24H26N4O4S/c1-31-19-14-16(15-20(32-2)22(19)29)24(30)28-11-9-27(10-12-28)18-7-5-17(6-8-18)26-23(25)21-4-3-13-33-21/h3-8,13-15,29H,9-12H2,1-2H3,(H2,25,26). The molecule has 0 saturated carbocycles. The number of nitrogens with zero attached hydrogens (tertiary/aromatic N) is 2. The number of thiophene rings is 1. The Morgan fingerprint density at radius 2 is 1.67 bits per heavy atom. The number of methoxy groups -OCH3 is 2. The first-order chi connectivity index (χ1) is 16.0. The third-order valence-electron chi connectivity index (χ3n) is 5.56. The average molecular weight is 467 g/mol. The molecule has 0 spiro atoms. The molecule has 0 unspecified atom stereocenters. The molecule has 0 bridgehead atoms. The fourth-order valence-corrected chi connectivity index (χ4v) is 4.38. The Hall–Kier alpha value is -3.72. The summed E-state index contributed by atoms with van der Waals surface area (Å²) in [5, 5.41) is 23.3. The smallest absolute Gasteiger partial charge is 0.254 e. The van der Waals surface area contributed by atoms with Crippen molar-refractivity contribution in [3.05, 3.63) is 64.4 Å². The van der Waals surface area contributed by atoms with E-state index in [4.69, 9.17) is 14.9 Å². The second kappa shape index (κ2) is 9.83. The van der Waals surface area contributed by atoms with Crippen molar-refractivity contribution in [3.8, 4) is 17.2 Å². The molecule has 2 aromatic carbocycles. The van der Waals surface area contributed by atoms with Gasteiger partial charge in [0.2, 0.25) is 5.75 Å². The summed E-state index contributed by atoms with van der Waals surface area (Å²) in [6.45, 7) is 2.56. The molecule has 3 aromatic rings. The molecule has 1 aromatic heterocycles. The highest BCUT2D eigenvalue weighted by Gasteiger charge is 2.24. The average Bonchev–Trinajstić information content (AvgIpc) is 3.40. The number of carbonyl (C=O) groups excluding carboxylic acids is 1. The molecule has 2 heterocycles. The molecule has 0 radical (unpaired) electrons. The van der Waals surface area contributed by atoms with Crippen molar-refractivity contribution in [1.29, 1.82) is 5.41 Å². The van der Waals surface area contributed by atoms with E-state index in [1.54, 1.807) is 4.90 Å². The number of amidine groups is 1. The summed E-state index contributed by atoms with van der Waals surface area (Å²) in [4.78, 5) is 17.9. The zero-order valence-corrected chi connectivity index (χ0v) is 19.3. The van der Waals surface area contributed by atoms with E-state index in [9.17, 15) is 9.90 Å². The summed E-state index contributed by atoms with van der Waals surface area (Å²) in [5.74, 6) is 0.546. The highest BCUT2D eigenvalue weighted by molar-refractivity contribution is 7.12. The molecule has 3 N–H and O–H groups in total. The maximum atomic E-state index is 13.0. The molecule has 9 heteroatoms. The Balaban J connectivity index is 1.37. The van der Waals surface area contributed by atoms with E-state index in [0.717, 1.165) is 16.3 Å². The van der Waals surface area contributed by atoms with E-state index in [1.807, 2.05) is 41.8 Å². The summed E-state index contributed by atoms with van der Waals surface area (Å²) in [6, 6.07) is 14.9. The first kappa shape index (κ1) is 22.5. The molecule has 1 amide bonds. The van der Waals surface area contributed by atoms with Gasteiger partial charge in [0, 0.05) is 43.1 Å². The molecule has 33 heavy (non-hydrogen) atoms. The maximum absolute atomic E-state index is 13.0. The number of hydrogen-bond acceptors (Lipinski definition) is 7. The van der Waals surface area contributed by atoms with Crippen molar-refractivity contribution in [2.75, 3.05) is 50.6 Å². The van der Waals surface area contributed by atoms with Crippen LogP contribution < -0.4 is 19.7 Å². The molecule has 4 rings (SSSR count). The number of benzene rings is 2. The van der Waals surface area contributed by atoms with E-state index in [0.29, 0.717) is 37.6 Å². The number of hydrogen-bond donors (Lipinski definition) is 3. The van der Waals surface area contributed by atoms with Crippen LogP contribution in [0.2, 0.25) is 0 Å². The number of nitrogens with one attached hydrogen (secondary N) is 2. The first-order valence-corrected chi connectivity index (χ1v) is 11.4. The monoisotopic (exact) mass is 466 g/mol. The van der Waals surface area contributed by atoms with Gasteiger partial charge in [0.25, 0.3) is 5.91 Å². The van der Waals surface area contributed by atoms with Crippen LogP contribution in [0.15, 0.2) is 53.9 Å². The lowest BCUT2D eigenvalue weighted by atomic mass is 10.1. The van der Waals surface area contributed by atoms with Crippen LogP contribution in [-0.2, 0) is 0 Å². The van der Waals surface area contributed by atoms with Crippen LogP contribution >= 0.6 is 11.3 Å². The van der Waals surface area contributed by atoms with Gasteiger partial charge in [-0.1, -0.05) is 6.07 Å². The van der Waals surface area contributed by atoms with Gasteiger partial charge >= 0.3 is 0 Å². The topological polar surface area (TPSA) is 98.1 Å². The molecular weight excluding hydrogens is 440 g/mol. The summed E-state index contributed by atoms with van der Waals surface area (Å²) >= 11 is 1.53. The normalized spacial score (nSPS) is 13.5. The van der Waals surface area contributed by atoms with Crippen molar-refractivity contribution >= 4 is 34.5 Å². The van der Waals surface area contributed by atoms with Crippen LogP contribution in [0.5, 0.6) is 17.2 Å². The highest BCUT2D eigenvalue weighted by atomic mass is 32.1. The second-order valence-corrected chi connectivity index (χ2v) is 8.48. The van der Waals surface area contributed by atoms with Gasteiger partial charge in [-0.3, -0.25) is 10.2 Å². The van der Waals surface area contributed by atoms with E-state index in [-0.39, 0.29) is 23.2 Å². The molecule has 1 saturated heterocycles. The van der Waals surface area contributed by atoms with Gasteiger partial charge in [0.1, 0.15) is 5.84 Å². The minimum absolute atomic E-state index is 0.121. The van der Waals surface area contributed by atoms with Crippen LogP contribution in [0, 0.1) is 5.41 Å². The maximum Gasteiger partial charge on any atom is 0.254 e. The summed E-state index contributed by atoms with van der Waals surface area (Å²) in [6.07, 6.45) is 0. The number of phenolic OH excluding ortho intramolecular Hbond substituents is 1. The molecule has 8 nitrogen and oxygen atoms in total. The van der Waals surface area contributed by atoms with Gasteiger partial charge < -0.3 is 29.7 Å². The van der Waals surface area contributed by atoms with Gasteiger partial charge in [0.05, 0.1) is 19.1 Å². The predicted molar refractivity (Wildman–Crippen MR) is 131 cm³/mol. The molecule has 0 atom stereocenters. The van der Waals surface area contributed by atoms with Crippen LogP contribution in [0.25, 0.3) is 0 Å². The Kier molecular flexibility index (Phi) is 6.69. The van der Waals surface area contributed by atoms with Crippen LogP contribution in [0.3, 0.4) is 0 Å². The molecule has 172 valence electrons. The molecule has 0 aliphatic carbocycles. The Morgan fingerprint density at radius 3 is 2.21 bits per heavy atom. The SMILES string of the molecule is COc1cc(C(=O)N2CCN(c3ccc(NC(=N)c4cccs4)cc3)CC2)cc(OC)c1O. The predicted octanol–water partition coefficient (Wildman–Crippen LogP) is 3.87. The van der Waals surface area contributed by atoms with Crippen molar-refractivity contribution < 1.29 is 19.4 Å². The molecule has 1 fully saturated rings. The van der Waals surface area contributed by atoms with Crippen LogP contribution in [0.1, 0.15) is 15.2 Å². The van der Waals surface area contributed by atoms with E-state index >= 15 is 0 Å². The number of carbonyl (C=O) groups is 1. The fourth-order valence-electron chi connectivity index (χ4n) is 3.75. The molecule has 1 aliphatic rings. The largest absolute Gasteiger partial charge is 0.502 e. The van der Waals surface area contributed by atoms with Crippen molar-refractivity contribution in [2.45, 2.75) is 0 Å². The van der Waals surface area contributed by atoms with Crippen molar-refractivity contribution in [2.24, 2.45) is 0 Å². The molecular formula is C24H26N4O4S.